The lowest BCUT2D eigenvalue weighted by Crippen LogP contribution is -2.19. The standard InChI is InChI=1S/C11H16N2O3S/c1-8(2)11(14)13-9-4-6-10(7-5-9)17(15,16)12-3/h4-8,12H,1-3H3,(H,13,14). The summed E-state index contributed by atoms with van der Waals surface area (Å²) in [5.74, 6) is -0.218. The molecule has 1 rings (SSSR count). The van der Waals surface area contributed by atoms with Gasteiger partial charge in [-0.1, -0.05) is 13.8 Å². The van der Waals surface area contributed by atoms with Crippen LogP contribution in [0, 0.1) is 5.92 Å². The molecule has 1 aromatic carbocycles. The van der Waals surface area contributed by atoms with Crippen LogP contribution in [0.15, 0.2) is 29.2 Å². The van der Waals surface area contributed by atoms with Crippen molar-refractivity contribution in [3.63, 3.8) is 0 Å². The molecular formula is C11H16N2O3S. The molecule has 0 fully saturated rings. The number of sulfonamides is 1. The van der Waals surface area contributed by atoms with Crippen molar-refractivity contribution in [2.75, 3.05) is 12.4 Å². The Morgan fingerprint density at radius 3 is 2.12 bits per heavy atom. The van der Waals surface area contributed by atoms with Crippen LogP contribution in [-0.4, -0.2) is 21.4 Å². The Balaban J connectivity index is 2.86. The lowest BCUT2D eigenvalue weighted by Gasteiger charge is -2.08. The second-order valence-corrected chi connectivity index (χ2v) is 5.76. The highest BCUT2D eigenvalue weighted by molar-refractivity contribution is 7.89. The van der Waals surface area contributed by atoms with E-state index in [9.17, 15) is 13.2 Å². The van der Waals surface area contributed by atoms with Crippen LogP contribution in [-0.2, 0) is 14.8 Å². The summed E-state index contributed by atoms with van der Waals surface area (Å²) < 4.78 is 25.1. The van der Waals surface area contributed by atoms with Gasteiger partial charge in [-0.15, -0.1) is 0 Å². The van der Waals surface area contributed by atoms with Crippen LogP contribution in [0.25, 0.3) is 0 Å². The average molecular weight is 256 g/mol. The monoisotopic (exact) mass is 256 g/mol. The Labute approximate surface area is 101 Å². The molecule has 0 spiro atoms. The summed E-state index contributed by atoms with van der Waals surface area (Å²) in [6, 6.07) is 6.01. The molecule has 94 valence electrons. The SMILES string of the molecule is CNS(=O)(=O)c1ccc(NC(=O)C(C)C)cc1. The topological polar surface area (TPSA) is 75.3 Å². The number of carbonyl (C=O) groups excluding carboxylic acids is 1. The Morgan fingerprint density at radius 2 is 1.71 bits per heavy atom. The van der Waals surface area contributed by atoms with Crippen molar-refractivity contribution >= 4 is 21.6 Å². The van der Waals surface area contributed by atoms with E-state index < -0.39 is 10.0 Å². The van der Waals surface area contributed by atoms with Crippen molar-refractivity contribution in [1.29, 1.82) is 0 Å². The predicted octanol–water partition coefficient (Wildman–Crippen LogP) is 1.19. The van der Waals surface area contributed by atoms with E-state index >= 15 is 0 Å². The van der Waals surface area contributed by atoms with Gasteiger partial charge in [-0.3, -0.25) is 4.79 Å². The smallest absolute Gasteiger partial charge is 0.240 e. The molecule has 0 unspecified atom stereocenters. The van der Waals surface area contributed by atoms with Crippen molar-refractivity contribution in [3.05, 3.63) is 24.3 Å². The van der Waals surface area contributed by atoms with Crippen molar-refractivity contribution in [2.45, 2.75) is 18.7 Å². The minimum Gasteiger partial charge on any atom is -0.326 e. The highest BCUT2D eigenvalue weighted by Crippen LogP contribution is 2.14. The van der Waals surface area contributed by atoms with Gasteiger partial charge < -0.3 is 5.32 Å². The lowest BCUT2D eigenvalue weighted by molar-refractivity contribution is -0.118. The summed E-state index contributed by atoms with van der Waals surface area (Å²) >= 11 is 0. The molecule has 0 aliphatic rings. The molecule has 0 saturated heterocycles. The van der Waals surface area contributed by atoms with Gasteiger partial charge in [0.05, 0.1) is 4.90 Å². The van der Waals surface area contributed by atoms with E-state index in [-0.39, 0.29) is 16.7 Å². The van der Waals surface area contributed by atoms with Crippen LogP contribution < -0.4 is 10.0 Å². The summed E-state index contributed by atoms with van der Waals surface area (Å²) in [4.78, 5) is 11.6. The molecule has 0 heterocycles. The minimum absolute atomic E-state index is 0.103. The first kappa shape index (κ1) is 13.7. The number of hydrogen-bond acceptors (Lipinski definition) is 3. The first-order chi connectivity index (χ1) is 7.86. The average Bonchev–Trinajstić information content (AvgIpc) is 2.29. The molecule has 0 atom stereocenters. The van der Waals surface area contributed by atoms with Gasteiger partial charge in [0.2, 0.25) is 15.9 Å². The van der Waals surface area contributed by atoms with Crippen LogP contribution in [0.3, 0.4) is 0 Å². The highest BCUT2D eigenvalue weighted by atomic mass is 32.2. The molecule has 0 saturated carbocycles. The Bertz CT molecular complexity index is 492. The third-order valence-corrected chi connectivity index (χ3v) is 3.66. The largest absolute Gasteiger partial charge is 0.326 e. The van der Waals surface area contributed by atoms with Crippen LogP contribution in [0.4, 0.5) is 5.69 Å². The zero-order valence-corrected chi connectivity index (χ0v) is 10.8. The fourth-order valence-electron chi connectivity index (χ4n) is 1.12. The number of rotatable bonds is 4. The lowest BCUT2D eigenvalue weighted by atomic mass is 10.2. The molecule has 2 N–H and O–H groups in total. The van der Waals surface area contributed by atoms with Crippen LogP contribution in [0.2, 0.25) is 0 Å². The van der Waals surface area contributed by atoms with E-state index in [2.05, 4.69) is 10.0 Å². The normalized spacial score (nSPS) is 11.5. The maximum absolute atomic E-state index is 11.4. The predicted molar refractivity (Wildman–Crippen MR) is 66.2 cm³/mol. The van der Waals surface area contributed by atoms with Crippen molar-refractivity contribution in [3.8, 4) is 0 Å². The molecule has 0 aromatic heterocycles. The van der Waals surface area contributed by atoms with Gasteiger partial charge in [0, 0.05) is 11.6 Å². The Kier molecular flexibility index (Phi) is 4.25. The Morgan fingerprint density at radius 1 is 1.18 bits per heavy atom. The minimum atomic E-state index is -3.42. The molecule has 1 aromatic rings. The van der Waals surface area contributed by atoms with Gasteiger partial charge in [0.25, 0.3) is 0 Å². The zero-order chi connectivity index (χ0) is 13.1. The highest BCUT2D eigenvalue weighted by Gasteiger charge is 2.11. The molecule has 0 radical (unpaired) electrons. The summed E-state index contributed by atoms with van der Waals surface area (Å²) in [6.45, 7) is 3.57. The van der Waals surface area contributed by atoms with Crippen molar-refractivity contribution in [1.82, 2.24) is 4.72 Å². The molecule has 1 amide bonds. The number of nitrogens with one attached hydrogen (secondary N) is 2. The number of anilines is 1. The van der Waals surface area contributed by atoms with Crippen molar-refractivity contribution in [2.24, 2.45) is 5.92 Å². The molecule has 0 bridgehead atoms. The maximum atomic E-state index is 11.4. The molecular weight excluding hydrogens is 240 g/mol. The number of benzene rings is 1. The van der Waals surface area contributed by atoms with Gasteiger partial charge in [0.1, 0.15) is 0 Å². The van der Waals surface area contributed by atoms with Gasteiger partial charge >= 0.3 is 0 Å². The van der Waals surface area contributed by atoms with E-state index in [4.69, 9.17) is 0 Å². The fourth-order valence-corrected chi connectivity index (χ4v) is 1.85. The molecule has 5 nitrogen and oxygen atoms in total. The van der Waals surface area contributed by atoms with Crippen molar-refractivity contribution < 1.29 is 13.2 Å². The van der Waals surface area contributed by atoms with E-state index in [1.54, 1.807) is 26.0 Å². The molecule has 0 aliphatic heterocycles. The maximum Gasteiger partial charge on any atom is 0.240 e. The first-order valence-electron chi connectivity index (χ1n) is 5.21. The second-order valence-electron chi connectivity index (χ2n) is 3.88. The van der Waals surface area contributed by atoms with Crippen LogP contribution in [0.5, 0.6) is 0 Å². The van der Waals surface area contributed by atoms with Gasteiger partial charge in [-0.2, -0.15) is 0 Å². The molecule has 6 heteroatoms. The van der Waals surface area contributed by atoms with Crippen LogP contribution in [0.1, 0.15) is 13.8 Å². The zero-order valence-electron chi connectivity index (χ0n) is 10.0. The first-order valence-corrected chi connectivity index (χ1v) is 6.69. The second kappa shape index (κ2) is 5.29. The third-order valence-electron chi connectivity index (χ3n) is 2.23. The van der Waals surface area contributed by atoms with E-state index in [1.807, 2.05) is 0 Å². The summed E-state index contributed by atoms with van der Waals surface area (Å²) in [5, 5.41) is 2.68. The number of hydrogen-bond donors (Lipinski definition) is 2. The summed E-state index contributed by atoms with van der Waals surface area (Å²) in [5.41, 5.74) is 0.582. The van der Waals surface area contributed by atoms with Gasteiger partial charge in [0.15, 0.2) is 0 Å². The quantitative estimate of drug-likeness (QED) is 0.849. The van der Waals surface area contributed by atoms with E-state index in [1.165, 1.54) is 19.2 Å². The third kappa shape index (κ3) is 3.54. The van der Waals surface area contributed by atoms with Crippen LogP contribution >= 0.6 is 0 Å². The van der Waals surface area contributed by atoms with E-state index in [0.29, 0.717) is 5.69 Å². The number of carbonyl (C=O) groups is 1. The summed E-state index contributed by atoms with van der Waals surface area (Å²) in [6.07, 6.45) is 0. The number of amides is 1. The Hall–Kier alpha value is -1.40. The summed E-state index contributed by atoms with van der Waals surface area (Å²) in [7, 11) is -2.07. The van der Waals surface area contributed by atoms with Gasteiger partial charge in [-0.05, 0) is 31.3 Å². The van der Waals surface area contributed by atoms with E-state index in [0.717, 1.165) is 0 Å². The van der Waals surface area contributed by atoms with Gasteiger partial charge in [-0.25, -0.2) is 13.1 Å². The molecule has 17 heavy (non-hydrogen) atoms. The molecule has 0 aliphatic carbocycles. The fraction of sp³-hybridized carbons (Fsp3) is 0.364.